The summed E-state index contributed by atoms with van der Waals surface area (Å²) in [5.41, 5.74) is 2.04. The summed E-state index contributed by atoms with van der Waals surface area (Å²) in [6.07, 6.45) is 3.14. The lowest BCUT2D eigenvalue weighted by atomic mass is 10.0. The van der Waals surface area contributed by atoms with E-state index in [1.807, 2.05) is 36.4 Å². The standard InChI is InChI=1S/C25H27NO3S2/c27-25(30-18-8-14-22-13-6-12-21-11-4-5-15-23(21)22)24-16-7-17-26(24)31(28,29)19-20-9-2-1-3-10-20/h1-6,9-13,15,24H,7-8,14,16-19H2. The highest BCUT2D eigenvalue weighted by Crippen LogP contribution is 2.28. The van der Waals surface area contributed by atoms with Gasteiger partial charge in [-0.05, 0) is 47.6 Å². The lowest BCUT2D eigenvalue weighted by molar-refractivity contribution is -0.113. The Morgan fingerprint density at radius 3 is 2.55 bits per heavy atom. The van der Waals surface area contributed by atoms with Crippen molar-refractivity contribution < 1.29 is 13.2 Å². The number of hydrogen-bond acceptors (Lipinski definition) is 4. The molecule has 1 saturated heterocycles. The second-order valence-electron chi connectivity index (χ2n) is 7.92. The van der Waals surface area contributed by atoms with E-state index < -0.39 is 16.1 Å². The van der Waals surface area contributed by atoms with Gasteiger partial charge in [0.15, 0.2) is 0 Å². The van der Waals surface area contributed by atoms with E-state index in [9.17, 15) is 13.2 Å². The second kappa shape index (κ2) is 9.98. The number of carbonyl (C=O) groups excluding carboxylic acids is 1. The molecule has 0 amide bonds. The van der Waals surface area contributed by atoms with E-state index in [-0.39, 0.29) is 10.9 Å². The van der Waals surface area contributed by atoms with Gasteiger partial charge < -0.3 is 0 Å². The number of thioether (sulfide) groups is 1. The fourth-order valence-corrected chi connectivity index (χ4v) is 6.99. The average molecular weight is 454 g/mol. The summed E-state index contributed by atoms with van der Waals surface area (Å²) < 4.78 is 27.3. The summed E-state index contributed by atoms with van der Waals surface area (Å²) in [7, 11) is -3.51. The van der Waals surface area contributed by atoms with Gasteiger partial charge in [0, 0.05) is 12.3 Å². The van der Waals surface area contributed by atoms with E-state index in [0.29, 0.717) is 18.7 Å². The number of carbonyl (C=O) groups is 1. The third-order valence-corrected chi connectivity index (χ3v) is 8.64. The Hall–Kier alpha value is -2.15. The van der Waals surface area contributed by atoms with Gasteiger partial charge in [-0.25, -0.2) is 8.42 Å². The Bertz CT molecular complexity index is 1140. The first kappa shape index (κ1) is 22.1. The zero-order valence-corrected chi connectivity index (χ0v) is 19.1. The number of benzene rings is 3. The molecule has 3 aromatic carbocycles. The minimum Gasteiger partial charge on any atom is -0.285 e. The number of hydrogen-bond donors (Lipinski definition) is 0. The van der Waals surface area contributed by atoms with Gasteiger partial charge in [-0.2, -0.15) is 4.31 Å². The molecule has 1 fully saturated rings. The molecule has 4 nitrogen and oxygen atoms in total. The monoisotopic (exact) mass is 453 g/mol. The van der Waals surface area contributed by atoms with Crippen LogP contribution >= 0.6 is 11.8 Å². The van der Waals surface area contributed by atoms with Crippen LogP contribution in [0.2, 0.25) is 0 Å². The van der Waals surface area contributed by atoms with Crippen LogP contribution in [0.3, 0.4) is 0 Å². The molecule has 0 radical (unpaired) electrons. The zero-order valence-electron chi connectivity index (χ0n) is 17.4. The molecule has 1 heterocycles. The smallest absolute Gasteiger partial charge is 0.218 e. The highest BCUT2D eigenvalue weighted by molar-refractivity contribution is 8.13. The van der Waals surface area contributed by atoms with E-state index in [0.717, 1.165) is 24.8 Å². The van der Waals surface area contributed by atoms with Crippen molar-refractivity contribution in [3.8, 4) is 0 Å². The molecule has 0 aliphatic carbocycles. The van der Waals surface area contributed by atoms with Gasteiger partial charge in [-0.3, -0.25) is 4.79 Å². The molecule has 1 aliphatic rings. The summed E-state index contributed by atoms with van der Waals surface area (Å²) >= 11 is 1.28. The third-order valence-electron chi connectivity index (χ3n) is 5.74. The predicted octanol–water partition coefficient (Wildman–Crippen LogP) is 5.03. The van der Waals surface area contributed by atoms with Gasteiger partial charge in [0.2, 0.25) is 15.1 Å². The van der Waals surface area contributed by atoms with Crippen molar-refractivity contribution in [2.45, 2.75) is 37.5 Å². The average Bonchev–Trinajstić information content (AvgIpc) is 3.28. The number of nitrogens with zero attached hydrogens (tertiary/aromatic N) is 1. The molecule has 6 heteroatoms. The van der Waals surface area contributed by atoms with Crippen molar-refractivity contribution >= 4 is 37.7 Å². The van der Waals surface area contributed by atoms with E-state index in [2.05, 4.69) is 36.4 Å². The highest BCUT2D eigenvalue weighted by Gasteiger charge is 2.38. The van der Waals surface area contributed by atoms with Crippen molar-refractivity contribution in [2.24, 2.45) is 0 Å². The molecular formula is C25H27NO3S2. The van der Waals surface area contributed by atoms with Crippen LogP contribution < -0.4 is 0 Å². The van der Waals surface area contributed by atoms with E-state index >= 15 is 0 Å². The molecule has 1 atom stereocenters. The first-order chi connectivity index (χ1) is 15.0. The van der Waals surface area contributed by atoms with E-state index in [1.54, 1.807) is 0 Å². The zero-order chi connectivity index (χ0) is 21.7. The van der Waals surface area contributed by atoms with Crippen LogP contribution in [0.1, 0.15) is 30.4 Å². The summed E-state index contributed by atoms with van der Waals surface area (Å²) in [4.78, 5) is 12.8. The molecule has 0 aromatic heterocycles. The molecule has 0 N–H and O–H groups in total. The van der Waals surface area contributed by atoms with Gasteiger partial charge in [-0.15, -0.1) is 0 Å². The maximum atomic E-state index is 12.9. The first-order valence-electron chi connectivity index (χ1n) is 10.7. The largest absolute Gasteiger partial charge is 0.285 e. The summed E-state index contributed by atoms with van der Waals surface area (Å²) in [5, 5.41) is 2.47. The van der Waals surface area contributed by atoms with Gasteiger partial charge in [0.1, 0.15) is 0 Å². The summed E-state index contributed by atoms with van der Waals surface area (Å²) in [6, 6.07) is 23.3. The SMILES string of the molecule is O=C(SCCCc1cccc2ccccc12)C1CCCN1S(=O)(=O)Cc1ccccc1. The van der Waals surface area contributed by atoms with Crippen LogP contribution in [0.15, 0.2) is 72.8 Å². The molecule has 31 heavy (non-hydrogen) atoms. The van der Waals surface area contributed by atoms with Gasteiger partial charge >= 0.3 is 0 Å². The normalized spacial score (nSPS) is 17.2. The lowest BCUT2D eigenvalue weighted by Crippen LogP contribution is -2.40. The molecule has 1 aliphatic heterocycles. The van der Waals surface area contributed by atoms with Gasteiger partial charge in [0.05, 0.1) is 11.8 Å². The topological polar surface area (TPSA) is 54.5 Å². The summed E-state index contributed by atoms with van der Waals surface area (Å²) in [6.45, 7) is 0.433. The van der Waals surface area contributed by atoms with Crippen molar-refractivity contribution in [1.82, 2.24) is 4.31 Å². The van der Waals surface area contributed by atoms with Gasteiger partial charge in [0.25, 0.3) is 0 Å². The molecule has 1 unspecified atom stereocenters. The Kier molecular flexibility index (Phi) is 7.10. The van der Waals surface area contributed by atoms with Crippen LogP contribution in [-0.2, 0) is 27.0 Å². The Morgan fingerprint density at radius 2 is 1.71 bits per heavy atom. The maximum Gasteiger partial charge on any atom is 0.218 e. The Morgan fingerprint density at radius 1 is 0.968 bits per heavy atom. The van der Waals surface area contributed by atoms with Crippen LogP contribution in [0.25, 0.3) is 10.8 Å². The molecule has 3 aromatic rings. The highest BCUT2D eigenvalue weighted by atomic mass is 32.2. The predicted molar refractivity (Wildman–Crippen MR) is 129 cm³/mol. The lowest BCUT2D eigenvalue weighted by Gasteiger charge is -2.22. The van der Waals surface area contributed by atoms with E-state index in [4.69, 9.17) is 0 Å². The molecule has 0 bridgehead atoms. The van der Waals surface area contributed by atoms with Crippen LogP contribution in [0, 0.1) is 0 Å². The number of sulfonamides is 1. The van der Waals surface area contributed by atoms with Crippen molar-refractivity contribution in [3.63, 3.8) is 0 Å². The maximum absolute atomic E-state index is 12.9. The minimum absolute atomic E-state index is 0.0212. The molecular weight excluding hydrogens is 426 g/mol. The molecule has 162 valence electrons. The minimum atomic E-state index is -3.51. The first-order valence-corrected chi connectivity index (χ1v) is 13.3. The fourth-order valence-electron chi connectivity index (χ4n) is 4.22. The molecule has 4 rings (SSSR count). The fraction of sp³-hybridized carbons (Fsp3) is 0.320. The molecule has 0 spiro atoms. The Labute approximate surface area is 188 Å². The van der Waals surface area contributed by atoms with Crippen LogP contribution in [0.5, 0.6) is 0 Å². The van der Waals surface area contributed by atoms with Crippen molar-refractivity contribution in [2.75, 3.05) is 12.3 Å². The van der Waals surface area contributed by atoms with Crippen LogP contribution in [-0.4, -0.2) is 36.2 Å². The third kappa shape index (κ3) is 5.37. The number of aryl methyl sites for hydroxylation is 1. The number of fused-ring (bicyclic) bond motifs is 1. The van der Waals surface area contributed by atoms with Crippen molar-refractivity contribution in [3.05, 3.63) is 83.9 Å². The Balaban J connectivity index is 1.32. The molecule has 0 saturated carbocycles. The van der Waals surface area contributed by atoms with Gasteiger partial charge in [-0.1, -0.05) is 84.6 Å². The number of rotatable bonds is 8. The summed E-state index contributed by atoms with van der Waals surface area (Å²) in [5.74, 6) is 0.647. The van der Waals surface area contributed by atoms with Crippen LogP contribution in [0.4, 0.5) is 0 Å². The second-order valence-corrected chi connectivity index (χ2v) is 10.9. The van der Waals surface area contributed by atoms with Crippen molar-refractivity contribution in [1.29, 1.82) is 0 Å². The quantitative estimate of drug-likeness (QED) is 0.449. The van der Waals surface area contributed by atoms with E-state index in [1.165, 1.54) is 32.4 Å².